The maximum atomic E-state index is 12.6. The van der Waals surface area contributed by atoms with Crippen LogP contribution in [-0.2, 0) is 9.53 Å². The summed E-state index contributed by atoms with van der Waals surface area (Å²) in [6.07, 6.45) is 1.50. The molecule has 1 heterocycles. The number of aliphatic hydroxyl groups is 1. The van der Waals surface area contributed by atoms with Gasteiger partial charge in [0.15, 0.2) is 0 Å². The SMILES string of the molecule is CCOC(=O)C1=C(O)/C(=C/c2cc(Br)cc(Br)c2O)SC1=NC(=O)c1ccc(C)cc1. The van der Waals surface area contributed by atoms with Gasteiger partial charge in [-0.3, -0.25) is 4.79 Å². The van der Waals surface area contributed by atoms with E-state index in [9.17, 15) is 19.8 Å². The number of aliphatic imine (C=N–C) groups is 1. The third kappa shape index (κ3) is 5.28. The van der Waals surface area contributed by atoms with Crippen LogP contribution in [0.4, 0.5) is 0 Å². The van der Waals surface area contributed by atoms with Gasteiger partial charge in [-0.1, -0.05) is 45.4 Å². The fourth-order valence-corrected chi connectivity index (χ4v) is 4.94. The minimum Gasteiger partial charge on any atom is -0.506 e. The summed E-state index contributed by atoms with van der Waals surface area (Å²) < 4.78 is 6.19. The molecule has 0 aliphatic carbocycles. The van der Waals surface area contributed by atoms with E-state index in [1.165, 1.54) is 6.08 Å². The van der Waals surface area contributed by atoms with Crippen molar-refractivity contribution >= 4 is 66.6 Å². The molecule has 0 saturated heterocycles. The molecule has 31 heavy (non-hydrogen) atoms. The van der Waals surface area contributed by atoms with Crippen LogP contribution in [0, 0.1) is 6.92 Å². The van der Waals surface area contributed by atoms with E-state index in [0.717, 1.165) is 17.3 Å². The van der Waals surface area contributed by atoms with Crippen molar-refractivity contribution in [1.29, 1.82) is 0 Å². The molecule has 0 saturated carbocycles. The molecule has 0 aromatic heterocycles. The maximum Gasteiger partial charge on any atom is 0.344 e. The molecular weight excluding hydrogens is 550 g/mol. The number of hydrogen-bond acceptors (Lipinski definition) is 6. The van der Waals surface area contributed by atoms with Gasteiger partial charge in [0.2, 0.25) is 0 Å². The number of halogens is 2. The number of hydrogen-bond donors (Lipinski definition) is 2. The third-order valence-corrected chi connectivity index (χ3v) is 6.30. The normalized spacial score (nSPS) is 16.3. The Morgan fingerprint density at radius 2 is 1.84 bits per heavy atom. The highest BCUT2D eigenvalue weighted by Crippen LogP contribution is 2.41. The van der Waals surface area contributed by atoms with Gasteiger partial charge in [0.05, 0.1) is 16.0 Å². The Labute approximate surface area is 200 Å². The second-order valence-corrected chi connectivity index (χ2v) is 9.27. The molecule has 1 aliphatic rings. The number of carbonyl (C=O) groups excluding carboxylic acids is 2. The van der Waals surface area contributed by atoms with Crippen molar-refractivity contribution < 1.29 is 24.5 Å². The molecule has 9 heteroatoms. The summed E-state index contributed by atoms with van der Waals surface area (Å²) in [5.41, 5.74) is 1.55. The number of aromatic hydroxyl groups is 1. The Balaban J connectivity index is 2.06. The van der Waals surface area contributed by atoms with Crippen molar-refractivity contribution in [1.82, 2.24) is 0 Å². The average molecular weight is 567 g/mol. The number of carbonyl (C=O) groups is 2. The minimum atomic E-state index is -0.786. The van der Waals surface area contributed by atoms with Gasteiger partial charge in [0, 0.05) is 15.6 Å². The predicted molar refractivity (Wildman–Crippen MR) is 128 cm³/mol. The van der Waals surface area contributed by atoms with Crippen LogP contribution in [-0.4, -0.2) is 33.7 Å². The molecule has 2 aromatic carbocycles. The zero-order valence-corrected chi connectivity index (χ0v) is 20.5. The summed E-state index contributed by atoms with van der Waals surface area (Å²) in [5.74, 6) is -1.74. The van der Waals surface area contributed by atoms with E-state index in [1.54, 1.807) is 43.3 Å². The van der Waals surface area contributed by atoms with Crippen LogP contribution in [0.25, 0.3) is 6.08 Å². The summed E-state index contributed by atoms with van der Waals surface area (Å²) in [7, 11) is 0. The van der Waals surface area contributed by atoms with E-state index in [2.05, 4.69) is 36.9 Å². The Morgan fingerprint density at radius 3 is 2.48 bits per heavy atom. The second kappa shape index (κ2) is 9.84. The average Bonchev–Trinajstić information content (AvgIpc) is 3.01. The highest BCUT2D eigenvalue weighted by Gasteiger charge is 2.34. The van der Waals surface area contributed by atoms with E-state index in [4.69, 9.17) is 4.74 Å². The number of ether oxygens (including phenoxy) is 1. The van der Waals surface area contributed by atoms with Gasteiger partial charge in [0.25, 0.3) is 5.91 Å². The largest absolute Gasteiger partial charge is 0.506 e. The second-order valence-electron chi connectivity index (χ2n) is 6.47. The minimum absolute atomic E-state index is 0.0290. The van der Waals surface area contributed by atoms with E-state index in [0.29, 0.717) is 20.1 Å². The van der Waals surface area contributed by atoms with Crippen molar-refractivity contribution in [2.45, 2.75) is 13.8 Å². The molecule has 0 spiro atoms. The lowest BCUT2D eigenvalue weighted by Gasteiger charge is -2.05. The van der Waals surface area contributed by atoms with Crippen molar-refractivity contribution in [3.63, 3.8) is 0 Å². The highest BCUT2D eigenvalue weighted by molar-refractivity contribution is 9.11. The smallest absolute Gasteiger partial charge is 0.344 e. The number of esters is 1. The van der Waals surface area contributed by atoms with Crippen molar-refractivity contribution in [3.8, 4) is 5.75 Å². The van der Waals surface area contributed by atoms with Gasteiger partial charge in [-0.2, -0.15) is 0 Å². The molecule has 1 amide bonds. The first-order valence-corrected chi connectivity index (χ1v) is 11.5. The number of aliphatic hydroxyl groups excluding tert-OH is 1. The molecule has 0 bridgehead atoms. The van der Waals surface area contributed by atoms with E-state index >= 15 is 0 Å². The van der Waals surface area contributed by atoms with Crippen LogP contribution in [0.1, 0.15) is 28.4 Å². The van der Waals surface area contributed by atoms with Crippen LogP contribution in [0.3, 0.4) is 0 Å². The Kier molecular flexibility index (Phi) is 7.40. The summed E-state index contributed by atoms with van der Waals surface area (Å²) in [5, 5.41) is 21.1. The molecule has 1 aliphatic heterocycles. The van der Waals surface area contributed by atoms with Gasteiger partial charge < -0.3 is 14.9 Å². The molecule has 2 aromatic rings. The van der Waals surface area contributed by atoms with Crippen LogP contribution in [0.5, 0.6) is 5.75 Å². The van der Waals surface area contributed by atoms with E-state index in [-0.39, 0.29) is 33.6 Å². The zero-order valence-electron chi connectivity index (χ0n) is 16.5. The first kappa shape index (κ1) is 23.3. The highest BCUT2D eigenvalue weighted by atomic mass is 79.9. The summed E-state index contributed by atoms with van der Waals surface area (Å²) in [4.78, 5) is 29.4. The molecular formula is C22H17Br2NO5S. The lowest BCUT2D eigenvalue weighted by molar-refractivity contribution is -0.138. The number of phenolic OH excluding ortho intramolecular Hbond substituents is 1. The molecule has 6 nitrogen and oxygen atoms in total. The molecule has 2 N–H and O–H groups in total. The Hall–Kier alpha value is -2.36. The van der Waals surface area contributed by atoms with Gasteiger partial charge in [0.1, 0.15) is 22.1 Å². The van der Waals surface area contributed by atoms with Gasteiger partial charge >= 0.3 is 5.97 Å². The quantitative estimate of drug-likeness (QED) is 0.445. The van der Waals surface area contributed by atoms with Crippen LogP contribution >= 0.6 is 43.6 Å². The molecule has 160 valence electrons. The van der Waals surface area contributed by atoms with Crippen LogP contribution in [0.2, 0.25) is 0 Å². The number of amides is 1. The Bertz CT molecular complexity index is 1150. The van der Waals surface area contributed by atoms with E-state index in [1.807, 2.05) is 6.92 Å². The van der Waals surface area contributed by atoms with Gasteiger partial charge in [-0.15, -0.1) is 0 Å². The summed E-state index contributed by atoms with van der Waals surface area (Å²) >= 11 is 7.55. The standard InChI is InChI=1S/C22H17Br2NO5S/c1-3-30-22(29)17-19(27)16(9-13-8-14(23)10-15(24)18(13)26)31-21(17)25-20(28)12-6-4-11(2)5-7-12/h4-10,26-27H,3H2,1-2H3/b16-9-,25-21?. The monoisotopic (exact) mass is 565 g/mol. The maximum absolute atomic E-state index is 12.6. The molecule has 3 rings (SSSR count). The number of aryl methyl sites for hydroxylation is 1. The number of rotatable bonds is 4. The number of nitrogens with zero attached hydrogens (tertiary/aromatic N) is 1. The van der Waals surface area contributed by atoms with Crippen molar-refractivity contribution in [2.75, 3.05) is 6.61 Å². The topological polar surface area (TPSA) is 96.2 Å². The number of phenols is 1. The summed E-state index contributed by atoms with van der Waals surface area (Å²) in [6.45, 7) is 3.64. The first-order valence-electron chi connectivity index (χ1n) is 9.09. The Morgan fingerprint density at radius 1 is 1.16 bits per heavy atom. The molecule has 0 atom stereocenters. The zero-order chi connectivity index (χ0) is 22.7. The van der Waals surface area contributed by atoms with Crippen LogP contribution in [0.15, 0.2) is 66.6 Å². The fraction of sp³-hybridized carbons (Fsp3) is 0.136. The van der Waals surface area contributed by atoms with Gasteiger partial charge in [-0.05, 0) is 60.1 Å². The molecule has 0 fully saturated rings. The number of benzene rings is 2. The van der Waals surface area contributed by atoms with Gasteiger partial charge in [-0.25, -0.2) is 9.79 Å². The lowest BCUT2D eigenvalue weighted by Crippen LogP contribution is -2.14. The van der Waals surface area contributed by atoms with Crippen molar-refractivity contribution in [3.05, 3.63) is 78.3 Å². The lowest BCUT2D eigenvalue weighted by atomic mass is 10.1. The van der Waals surface area contributed by atoms with Crippen molar-refractivity contribution in [2.24, 2.45) is 4.99 Å². The third-order valence-electron chi connectivity index (χ3n) is 4.22. The summed E-state index contributed by atoms with van der Waals surface area (Å²) in [6, 6.07) is 10.2. The van der Waals surface area contributed by atoms with E-state index < -0.39 is 11.9 Å². The van der Waals surface area contributed by atoms with Crippen LogP contribution < -0.4 is 0 Å². The number of thioether (sulfide) groups is 1. The molecule has 0 unspecified atom stereocenters. The molecule has 0 radical (unpaired) electrons. The first-order chi connectivity index (χ1) is 14.7. The fourth-order valence-electron chi connectivity index (χ4n) is 2.68. The predicted octanol–water partition coefficient (Wildman–Crippen LogP) is 5.93.